The van der Waals surface area contributed by atoms with E-state index < -0.39 is 6.10 Å². The van der Waals surface area contributed by atoms with Crippen molar-refractivity contribution in [2.45, 2.75) is 26.9 Å². The van der Waals surface area contributed by atoms with E-state index in [0.29, 0.717) is 5.02 Å². The number of hydrogen-bond acceptors (Lipinski definition) is 1. The Kier molecular flexibility index (Phi) is 4.34. The van der Waals surface area contributed by atoms with Crippen LogP contribution in [0.1, 0.15) is 33.9 Å². The van der Waals surface area contributed by atoms with E-state index in [0.717, 1.165) is 21.2 Å². The van der Waals surface area contributed by atoms with Crippen LogP contribution in [0, 0.1) is 20.8 Å². The molecule has 0 heterocycles. The van der Waals surface area contributed by atoms with E-state index in [1.165, 1.54) is 11.1 Å². The van der Waals surface area contributed by atoms with Crippen LogP contribution in [-0.4, -0.2) is 5.11 Å². The summed E-state index contributed by atoms with van der Waals surface area (Å²) >= 11 is 9.39. The molecule has 0 spiro atoms. The molecule has 0 aliphatic rings. The van der Waals surface area contributed by atoms with Gasteiger partial charge in [0, 0.05) is 9.50 Å². The molecule has 0 radical (unpaired) electrons. The average Bonchev–Trinajstić information content (AvgIpc) is 2.33. The van der Waals surface area contributed by atoms with E-state index in [2.05, 4.69) is 41.9 Å². The highest BCUT2D eigenvalue weighted by atomic mass is 79.9. The maximum atomic E-state index is 10.6. The fraction of sp³-hybridized carbons (Fsp3) is 0.250. The Balaban J connectivity index is 2.49. The van der Waals surface area contributed by atoms with Crippen LogP contribution in [0.2, 0.25) is 5.02 Å². The molecular weight excluding hydrogens is 324 g/mol. The van der Waals surface area contributed by atoms with Crippen molar-refractivity contribution in [3.05, 3.63) is 67.6 Å². The van der Waals surface area contributed by atoms with Gasteiger partial charge in [-0.15, -0.1) is 0 Å². The van der Waals surface area contributed by atoms with Gasteiger partial charge >= 0.3 is 0 Å². The zero-order valence-corrected chi connectivity index (χ0v) is 13.5. The summed E-state index contributed by atoms with van der Waals surface area (Å²) in [7, 11) is 0. The fourth-order valence-corrected chi connectivity index (χ4v) is 3.07. The largest absolute Gasteiger partial charge is 0.384 e. The third kappa shape index (κ3) is 3.02. The minimum absolute atomic E-state index is 0.647. The van der Waals surface area contributed by atoms with E-state index in [1.807, 2.05) is 13.0 Å². The standard InChI is InChI=1S/C16H16BrClO/c1-9-6-11(3)14(7-10(9)2)16(19)13-5-4-12(18)8-15(13)17/h4-8,16,19H,1-3H3. The van der Waals surface area contributed by atoms with Crippen LogP contribution in [-0.2, 0) is 0 Å². The predicted molar refractivity (Wildman–Crippen MR) is 83.9 cm³/mol. The minimum Gasteiger partial charge on any atom is -0.384 e. The first kappa shape index (κ1) is 14.6. The quantitative estimate of drug-likeness (QED) is 0.806. The molecule has 2 rings (SSSR count). The maximum Gasteiger partial charge on any atom is 0.105 e. The van der Waals surface area contributed by atoms with Crippen molar-refractivity contribution in [2.24, 2.45) is 0 Å². The summed E-state index contributed by atoms with van der Waals surface area (Å²) in [6.45, 7) is 6.16. The number of aryl methyl sites for hydroxylation is 3. The SMILES string of the molecule is Cc1cc(C)c(C(O)c2ccc(Cl)cc2Br)cc1C. The van der Waals surface area contributed by atoms with Gasteiger partial charge in [-0.2, -0.15) is 0 Å². The third-order valence-corrected chi connectivity index (χ3v) is 4.36. The number of benzene rings is 2. The van der Waals surface area contributed by atoms with Crippen molar-refractivity contribution in [2.75, 3.05) is 0 Å². The number of aliphatic hydroxyl groups excluding tert-OH is 1. The van der Waals surface area contributed by atoms with Gasteiger partial charge in [-0.3, -0.25) is 0 Å². The summed E-state index contributed by atoms with van der Waals surface area (Å²) in [6.07, 6.45) is -0.647. The molecule has 19 heavy (non-hydrogen) atoms. The summed E-state index contributed by atoms with van der Waals surface area (Å²) < 4.78 is 0.824. The number of aliphatic hydroxyl groups is 1. The second kappa shape index (κ2) is 5.66. The number of rotatable bonds is 2. The van der Waals surface area contributed by atoms with Crippen LogP contribution in [0.15, 0.2) is 34.8 Å². The molecule has 0 aromatic heterocycles. The Labute approximate surface area is 127 Å². The summed E-state index contributed by atoms with van der Waals surface area (Å²) in [4.78, 5) is 0. The molecule has 1 atom stereocenters. The normalized spacial score (nSPS) is 12.5. The van der Waals surface area contributed by atoms with Crippen LogP contribution in [0.5, 0.6) is 0 Å². The van der Waals surface area contributed by atoms with Gasteiger partial charge in [0.05, 0.1) is 0 Å². The Morgan fingerprint density at radius 2 is 1.58 bits per heavy atom. The highest BCUT2D eigenvalue weighted by Gasteiger charge is 2.16. The summed E-state index contributed by atoms with van der Waals surface area (Å²) in [5.41, 5.74) is 5.28. The van der Waals surface area contributed by atoms with Gasteiger partial charge in [0.2, 0.25) is 0 Å². The Morgan fingerprint density at radius 1 is 0.947 bits per heavy atom. The van der Waals surface area contributed by atoms with Crippen molar-refractivity contribution in [3.63, 3.8) is 0 Å². The molecule has 2 aromatic rings. The highest BCUT2D eigenvalue weighted by Crippen LogP contribution is 2.32. The molecule has 0 saturated heterocycles. The minimum atomic E-state index is -0.647. The monoisotopic (exact) mass is 338 g/mol. The summed E-state index contributed by atoms with van der Waals surface area (Å²) in [5, 5.41) is 11.2. The van der Waals surface area contributed by atoms with Crippen LogP contribution in [0.4, 0.5) is 0 Å². The van der Waals surface area contributed by atoms with Gasteiger partial charge in [-0.1, -0.05) is 45.7 Å². The van der Waals surface area contributed by atoms with Crippen molar-refractivity contribution < 1.29 is 5.11 Å². The summed E-state index contributed by atoms with van der Waals surface area (Å²) in [6, 6.07) is 9.61. The molecule has 0 saturated carbocycles. The molecule has 1 nitrogen and oxygen atoms in total. The lowest BCUT2D eigenvalue weighted by Crippen LogP contribution is -2.04. The molecule has 0 aliphatic carbocycles. The lowest BCUT2D eigenvalue weighted by Gasteiger charge is -2.17. The number of hydrogen-bond donors (Lipinski definition) is 1. The van der Waals surface area contributed by atoms with Crippen LogP contribution < -0.4 is 0 Å². The average molecular weight is 340 g/mol. The van der Waals surface area contributed by atoms with Gasteiger partial charge in [-0.05, 0) is 60.7 Å². The Bertz CT molecular complexity index is 622. The summed E-state index contributed by atoms with van der Waals surface area (Å²) in [5.74, 6) is 0. The van der Waals surface area contributed by atoms with Gasteiger partial charge < -0.3 is 5.11 Å². The maximum absolute atomic E-state index is 10.6. The van der Waals surface area contributed by atoms with Crippen molar-refractivity contribution in [3.8, 4) is 0 Å². The molecule has 2 aromatic carbocycles. The molecule has 0 bridgehead atoms. The van der Waals surface area contributed by atoms with E-state index >= 15 is 0 Å². The first-order valence-electron chi connectivity index (χ1n) is 6.11. The van der Waals surface area contributed by atoms with Crippen LogP contribution in [0.25, 0.3) is 0 Å². The van der Waals surface area contributed by atoms with Crippen LogP contribution in [0.3, 0.4) is 0 Å². The van der Waals surface area contributed by atoms with Crippen molar-refractivity contribution in [1.29, 1.82) is 0 Å². The predicted octanol–water partition coefficient (Wildman–Crippen LogP) is 5.11. The van der Waals surface area contributed by atoms with Gasteiger partial charge in [-0.25, -0.2) is 0 Å². The van der Waals surface area contributed by atoms with Crippen LogP contribution >= 0.6 is 27.5 Å². The first-order chi connectivity index (χ1) is 8.90. The molecule has 0 fully saturated rings. The lowest BCUT2D eigenvalue weighted by molar-refractivity contribution is 0.218. The molecule has 0 amide bonds. The molecule has 100 valence electrons. The second-order valence-corrected chi connectivity index (χ2v) is 6.15. The lowest BCUT2D eigenvalue weighted by atomic mass is 9.93. The first-order valence-corrected chi connectivity index (χ1v) is 7.28. The fourth-order valence-electron chi connectivity index (χ4n) is 2.17. The zero-order valence-electron chi connectivity index (χ0n) is 11.2. The van der Waals surface area contributed by atoms with E-state index in [1.54, 1.807) is 12.1 Å². The topological polar surface area (TPSA) is 20.2 Å². The van der Waals surface area contributed by atoms with Gasteiger partial charge in [0.25, 0.3) is 0 Å². The smallest absolute Gasteiger partial charge is 0.105 e. The van der Waals surface area contributed by atoms with Gasteiger partial charge in [0.15, 0.2) is 0 Å². The zero-order chi connectivity index (χ0) is 14.2. The van der Waals surface area contributed by atoms with Crippen molar-refractivity contribution in [1.82, 2.24) is 0 Å². The van der Waals surface area contributed by atoms with Gasteiger partial charge in [0.1, 0.15) is 6.10 Å². The molecule has 1 unspecified atom stereocenters. The van der Waals surface area contributed by atoms with Crippen molar-refractivity contribution >= 4 is 27.5 Å². The van der Waals surface area contributed by atoms with E-state index in [4.69, 9.17) is 11.6 Å². The number of halogens is 2. The molecule has 1 N–H and O–H groups in total. The Hall–Kier alpha value is -0.830. The second-order valence-electron chi connectivity index (χ2n) is 4.86. The Morgan fingerprint density at radius 3 is 2.21 bits per heavy atom. The molecule has 3 heteroatoms. The van der Waals surface area contributed by atoms with E-state index in [-0.39, 0.29) is 0 Å². The highest BCUT2D eigenvalue weighted by molar-refractivity contribution is 9.10. The third-order valence-electron chi connectivity index (χ3n) is 3.43. The molecular formula is C16H16BrClO. The van der Waals surface area contributed by atoms with E-state index in [9.17, 15) is 5.11 Å². The molecule has 0 aliphatic heterocycles.